The Morgan fingerprint density at radius 2 is 2.26 bits per heavy atom. The lowest BCUT2D eigenvalue weighted by Crippen LogP contribution is -2.60. The highest BCUT2D eigenvalue weighted by Gasteiger charge is 2.39. The van der Waals surface area contributed by atoms with Crippen LogP contribution in [-0.4, -0.2) is 67.7 Å². The normalized spacial score (nSPS) is 24.6. The van der Waals surface area contributed by atoms with Gasteiger partial charge in [-0.15, -0.1) is 0 Å². The summed E-state index contributed by atoms with van der Waals surface area (Å²) in [6.07, 6.45) is 1.05. The van der Waals surface area contributed by atoms with Crippen molar-refractivity contribution in [2.45, 2.75) is 18.6 Å². The molecule has 0 N–H and O–H groups in total. The second-order valence-electron chi connectivity index (χ2n) is 5.97. The summed E-state index contributed by atoms with van der Waals surface area (Å²) in [6, 6.07) is 9.12. The Kier molecular flexibility index (Phi) is 4.79. The molecule has 2 aliphatic rings. The van der Waals surface area contributed by atoms with Crippen LogP contribution in [0.3, 0.4) is 0 Å². The highest BCUT2D eigenvalue weighted by molar-refractivity contribution is 5.97. The van der Waals surface area contributed by atoms with Gasteiger partial charge in [-0.05, 0) is 25.6 Å². The second kappa shape index (κ2) is 6.99. The van der Waals surface area contributed by atoms with E-state index < -0.39 is 0 Å². The van der Waals surface area contributed by atoms with Crippen molar-refractivity contribution in [3.63, 3.8) is 0 Å². The van der Waals surface area contributed by atoms with Crippen molar-refractivity contribution < 1.29 is 14.3 Å². The predicted octanol–water partition coefficient (Wildman–Crippen LogP) is 1.13. The van der Waals surface area contributed by atoms with Crippen LogP contribution in [0.1, 0.15) is 16.8 Å². The number of piperidine rings is 1. The molecule has 0 spiro atoms. The van der Waals surface area contributed by atoms with Crippen LogP contribution in [-0.2, 0) is 4.74 Å². The lowest BCUT2D eigenvalue weighted by atomic mass is 9.98. The molecule has 3 rings (SSSR count). The maximum atomic E-state index is 13.0. The third-order valence-electron chi connectivity index (χ3n) is 4.46. The van der Waals surface area contributed by atoms with Gasteiger partial charge in [0.15, 0.2) is 6.61 Å². The van der Waals surface area contributed by atoms with E-state index in [2.05, 4.69) is 11.9 Å². The monoisotopic (exact) mass is 315 g/mol. The zero-order valence-corrected chi connectivity index (χ0v) is 13.3. The van der Waals surface area contributed by atoms with E-state index in [-0.39, 0.29) is 24.7 Å². The summed E-state index contributed by atoms with van der Waals surface area (Å²) >= 11 is 0. The highest BCUT2D eigenvalue weighted by Crippen LogP contribution is 2.27. The quantitative estimate of drug-likeness (QED) is 0.837. The zero-order chi connectivity index (χ0) is 16.2. The van der Waals surface area contributed by atoms with Crippen molar-refractivity contribution in [3.05, 3.63) is 29.8 Å². The largest absolute Gasteiger partial charge is 0.478 e. The lowest BCUT2D eigenvalue weighted by molar-refractivity contribution is -0.0870. The van der Waals surface area contributed by atoms with Crippen LogP contribution in [0.5, 0.6) is 5.75 Å². The number of hydrogen-bond acceptors (Lipinski definition) is 5. The number of fused-ring (bicyclic) bond motifs is 1. The summed E-state index contributed by atoms with van der Waals surface area (Å²) in [4.78, 5) is 17.2. The van der Waals surface area contributed by atoms with Crippen LogP contribution < -0.4 is 4.74 Å². The van der Waals surface area contributed by atoms with Gasteiger partial charge in [-0.25, -0.2) is 0 Å². The number of carbonyl (C=O) groups is 1. The number of likely N-dealkylation sites (tertiary alicyclic amines) is 1. The molecule has 0 bridgehead atoms. The molecule has 0 aliphatic carbocycles. The SMILES string of the molecule is CN1CC[C@@H]2OCCN(C(=O)c3ccccc3OCC#N)[C@@H]2C1. The second-order valence-corrected chi connectivity index (χ2v) is 5.97. The molecule has 2 heterocycles. The third-order valence-corrected chi connectivity index (χ3v) is 4.46. The van der Waals surface area contributed by atoms with Gasteiger partial charge in [0, 0.05) is 19.6 Å². The van der Waals surface area contributed by atoms with Gasteiger partial charge in [-0.1, -0.05) is 12.1 Å². The van der Waals surface area contributed by atoms with Gasteiger partial charge in [0.2, 0.25) is 0 Å². The topological polar surface area (TPSA) is 65.8 Å². The summed E-state index contributed by atoms with van der Waals surface area (Å²) < 4.78 is 11.3. The van der Waals surface area contributed by atoms with Gasteiger partial charge < -0.3 is 19.3 Å². The molecule has 2 atom stereocenters. The fourth-order valence-electron chi connectivity index (χ4n) is 3.32. The highest BCUT2D eigenvalue weighted by atomic mass is 16.5. The number of carbonyl (C=O) groups excluding carboxylic acids is 1. The average molecular weight is 315 g/mol. The van der Waals surface area contributed by atoms with Crippen molar-refractivity contribution in [1.82, 2.24) is 9.80 Å². The fraction of sp³-hybridized carbons (Fsp3) is 0.529. The van der Waals surface area contributed by atoms with Crippen molar-refractivity contribution in [3.8, 4) is 11.8 Å². The Labute approximate surface area is 136 Å². The van der Waals surface area contributed by atoms with Crippen molar-refractivity contribution >= 4 is 5.91 Å². The first kappa shape index (κ1) is 15.8. The van der Waals surface area contributed by atoms with E-state index in [0.717, 1.165) is 19.5 Å². The number of benzene rings is 1. The lowest BCUT2D eigenvalue weighted by Gasteiger charge is -2.46. The van der Waals surface area contributed by atoms with Gasteiger partial charge >= 0.3 is 0 Å². The number of ether oxygens (including phenoxy) is 2. The predicted molar refractivity (Wildman–Crippen MR) is 84.2 cm³/mol. The third kappa shape index (κ3) is 3.31. The Balaban J connectivity index is 1.83. The molecule has 1 amide bonds. The molecule has 0 radical (unpaired) electrons. The summed E-state index contributed by atoms with van der Waals surface area (Å²) in [5.41, 5.74) is 0.511. The van der Waals surface area contributed by atoms with Gasteiger partial charge in [0.25, 0.3) is 5.91 Å². The molecule has 2 saturated heterocycles. The molecule has 2 fully saturated rings. The molecule has 1 aromatic rings. The minimum atomic E-state index is -0.0673. The maximum Gasteiger partial charge on any atom is 0.258 e. The molecule has 122 valence electrons. The number of nitrogens with zero attached hydrogens (tertiary/aromatic N) is 3. The van der Waals surface area contributed by atoms with E-state index in [1.54, 1.807) is 18.2 Å². The van der Waals surface area contributed by atoms with Crippen molar-refractivity contribution in [2.75, 3.05) is 39.9 Å². The smallest absolute Gasteiger partial charge is 0.258 e. The van der Waals surface area contributed by atoms with E-state index in [1.807, 2.05) is 17.0 Å². The first-order chi connectivity index (χ1) is 11.2. The van der Waals surface area contributed by atoms with Crippen LogP contribution in [0.25, 0.3) is 0 Å². The number of nitriles is 1. The number of morpholine rings is 1. The molecule has 0 unspecified atom stereocenters. The maximum absolute atomic E-state index is 13.0. The Morgan fingerprint density at radius 3 is 3.09 bits per heavy atom. The summed E-state index contributed by atoms with van der Waals surface area (Å²) in [6.45, 7) is 2.89. The van der Waals surface area contributed by atoms with Crippen LogP contribution in [0.15, 0.2) is 24.3 Å². The van der Waals surface area contributed by atoms with Crippen LogP contribution in [0, 0.1) is 11.3 Å². The number of rotatable bonds is 3. The van der Waals surface area contributed by atoms with Gasteiger partial charge in [0.1, 0.15) is 11.8 Å². The molecule has 6 nitrogen and oxygen atoms in total. The van der Waals surface area contributed by atoms with Crippen LogP contribution in [0.4, 0.5) is 0 Å². The number of hydrogen-bond donors (Lipinski definition) is 0. The summed E-state index contributed by atoms with van der Waals surface area (Å²) in [5, 5.41) is 8.70. The van der Waals surface area contributed by atoms with E-state index >= 15 is 0 Å². The van der Waals surface area contributed by atoms with Gasteiger partial charge in [-0.3, -0.25) is 4.79 Å². The molecule has 23 heavy (non-hydrogen) atoms. The molecule has 2 aliphatic heterocycles. The van der Waals surface area contributed by atoms with E-state index in [4.69, 9.17) is 14.7 Å². The summed E-state index contributed by atoms with van der Waals surface area (Å²) in [7, 11) is 2.07. The fourth-order valence-corrected chi connectivity index (χ4v) is 3.32. The molecule has 0 aromatic heterocycles. The minimum Gasteiger partial charge on any atom is -0.478 e. The molecular formula is C17H21N3O3. The molecule has 6 heteroatoms. The summed E-state index contributed by atoms with van der Waals surface area (Å²) in [5.74, 6) is 0.415. The van der Waals surface area contributed by atoms with Gasteiger partial charge in [0.05, 0.1) is 24.3 Å². The molecule has 1 aromatic carbocycles. The van der Waals surface area contributed by atoms with Crippen molar-refractivity contribution in [2.24, 2.45) is 0 Å². The Morgan fingerprint density at radius 1 is 1.43 bits per heavy atom. The number of likely N-dealkylation sites (N-methyl/N-ethyl adjacent to an activating group) is 1. The van der Waals surface area contributed by atoms with E-state index in [1.165, 1.54) is 0 Å². The first-order valence-corrected chi connectivity index (χ1v) is 7.90. The minimum absolute atomic E-state index is 0.0489. The zero-order valence-electron chi connectivity index (χ0n) is 13.3. The number of amides is 1. The van der Waals surface area contributed by atoms with E-state index in [9.17, 15) is 4.79 Å². The van der Waals surface area contributed by atoms with Crippen molar-refractivity contribution in [1.29, 1.82) is 5.26 Å². The van der Waals surface area contributed by atoms with Crippen LogP contribution >= 0.6 is 0 Å². The number of para-hydroxylation sites is 1. The molecule has 0 saturated carbocycles. The first-order valence-electron chi connectivity index (χ1n) is 7.90. The standard InChI is InChI=1S/C17H21N3O3/c1-19-8-6-16-14(12-19)20(9-11-23-16)17(21)13-4-2-3-5-15(13)22-10-7-18/h2-5,14,16H,6,8-12H2,1H3/t14-,16+/m1/s1. The van der Waals surface area contributed by atoms with Crippen LogP contribution in [0.2, 0.25) is 0 Å². The molecular weight excluding hydrogens is 294 g/mol. The van der Waals surface area contributed by atoms with E-state index in [0.29, 0.717) is 24.5 Å². The Bertz CT molecular complexity index is 613. The average Bonchev–Trinajstić information content (AvgIpc) is 2.59. The van der Waals surface area contributed by atoms with Gasteiger partial charge in [-0.2, -0.15) is 5.26 Å². The Hall–Kier alpha value is -2.10.